The Labute approximate surface area is 109 Å². The first-order valence-corrected chi connectivity index (χ1v) is 6.49. The SMILES string of the molecule is CC(C)CCn1cncc1C(N)c1ccccc1. The van der Waals surface area contributed by atoms with E-state index in [1.807, 2.05) is 30.7 Å². The lowest BCUT2D eigenvalue weighted by atomic mass is 10.0. The molecular weight excluding hydrogens is 222 g/mol. The molecule has 0 fully saturated rings. The quantitative estimate of drug-likeness (QED) is 0.877. The molecule has 3 nitrogen and oxygen atoms in total. The lowest BCUT2D eigenvalue weighted by Gasteiger charge is -2.15. The van der Waals surface area contributed by atoms with Crippen LogP contribution in [0.15, 0.2) is 42.9 Å². The molecule has 0 amide bonds. The van der Waals surface area contributed by atoms with Gasteiger partial charge in [-0.05, 0) is 17.9 Å². The summed E-state index contributed by atoms with van der Waals surface area (Å²) in [6.07, 6.45) is 4.89. The molecule has 96 valence electrons. The lowest BCUT2D eigenvalue weighted by molar-refractivity contribution is 0.502. The van der Waals surface area contributed by atoms with E-state index in [0.29, 0.717) is 5.92 Å². The van der Waals surface area contributed by atoms with Crippen molar-refractivity contribution < 1.29 is 0 Å². The van der Waals surface area contributed by atoms with Crippen molar-refractivity contribution in [1.29, 1.82) is 0 Å². The summed E-state index contributed by atoms with van der Waals surface area (Å²) >= 11 is 0. The van der Waals surface area contributed by atoms with Crippen molar-refractivity contribution in [3.8, 4) is 0 Å². The van der Waals surface area contributed by atoms with Crippen molar-refractivity contribution in [2.45, 2.75) is 32.9 Å². The highest BCUT2D eigenvalue weighted by Crippen LogP contribution is 2.19. The molecule has 2 rings (SSSR count). The van der Waals surface area contributed by atoms with Crippen LogP contribution >= 0.6 is 0 Å². The van der Waals surface area contributed by atoms with Crippen molar-refractivity contribution in [3.63, 3.8) is 0 Å². The summed E-state index contributed by atoms with van der Waals surface area (Å²) in [6, 6.07) is 10.1. The second-order valence-electron chi connectivity index (χ2n) is 5.08. The number of hydrogen-bond acceptors (Lipinski definition) is 2. The molecule has 3 heteroatoms. The third-order valence-corrected chi connectivity index (χ3v) is 3.17. The molecule has 1 aromatic heterocycles. The van der Waals surface area contributed by atoms with E-state index in [0.717, 1.165) is 24.2 Å². The van der Waals surface area contributed by atoms with E-state index in [1.54, 1.807) is 0 Å². The smallest absolute Gasteiger partial charge is 0.0948 e. The van der Waals surface area contributed by atoms with Crippen LogP contribution in [0.1, 0.15) is 37.6 Å². The molecule has 0 radical (unpaired) electrons. The fourth-order valence-corrected chi connectivity index (χ4v) is 2.01. The molecule has 0 saturated heterocycles. The number of aromatic nitrogens is 2. The molecular formula is C15H21N3. The Morgan fingerprint density at radius 2 is 1.94 bits per heavy atom. The fourth-order valence-electron chi connectivity index (χ4n) is 2.01. The van der Waals surface area contributed by atoms with E-state index in [4.69, 9.17) is 5.73 Å². The highest BCUT2D eigenvalue weighted by Gasteiger charge is 2.13. The van der Waals surface area contributed by atoms with E-state index >= 15 is 0 Å². The first-order valence-electron chi connectivity index (χ1n) is 6.49. The van der Waals surface area contributed by atoms with Gasteiger partial charge in [0.25, 0.3) is 0 Å². The monoisotopic (exact) mass is 243 g/mol. The number of nitrogens with zero attached hydrogens (tertiary/aromatic N) is 2. The summed E-state index contributed by atoms with van der Waals surface area (Å²) in [5.74, 6) is 0.688. The van der Waals surface area contributed by atoms with Gasteiger partial charge in [-0.25, -0.2) is 4.98 Å². The second kappa shape index (κ2) is 5.83. The van der Waals surface area contributed by atoms with Crippen molar-refractivity contribution in [1.82, 2.24) is 9.55 Å². The Morgan fingerprint density at radius 3 is 2.61 bits per heavy atom. The van der Waals surface area contributed by atoms with Gasteiger partial charge in [0.1, 0.15) is 0 Å². The van der Waals surface area contributed by atoms with Gasteiger partial charge >= 0.3 is 0 Å². The molecule has 2 N–H and O–H groups in total. The predicted octanol–water partition coefficient (Wildman–Crippen LogP) is 2.98. The Balaban J connectivity index is 2.16. The molecule has 2 aromatic rings. The fraction of sp³-hybridized carbons (Fsp3) is 0.400. The van der Waals surface area contributed by atoms with Gasteiger partial charge in [0, 0.05) is 6.54 Å². The highest BCUT2D eigenvalue weighted by atomic mass is 15.1. The van der Waals surface area contributed by atoms with Crippen LogP contribution in [0.3, 0.4) is 0 Å². The Bertz CT molecular complexity index is 473. The third-order valence-electron chi connectivity index (χ3n) is 3.17. The van der Waals surface area contributed by atoms with Crippen LogP contribution in [0.25, 0.3) is 0 Å². The molecule has 1 atom stereocenters. The molecule has 0 bridgehead atoms. The van der Waals surface area contributed by atoms with Crippen molar-refractivity contribution >= 4 is 0 Å². The zero-order chi connectivity index (χ0) is 13.0. The minimum Gasteiger partial charge on any atom is -0.333 e. The van der Waals surface area contributed by atoms with Gasteiger partial charge in [0.15, 0.2) is 0 Å². The van der Waals surface area contributed by atoms with Gasteiger partial charge in [-0.1, -0.05) is 44.2 Å². The van der Waals surface area contributed by atoms with E-state index in [1.165, 1.54) is 0 Å². The molecule has 0 spiro atoms. The van der Waals surface area contributed by atoms with Crippen molar-refractivity contribution in [3.05, 3.63) is 54.1 Å². The van der Waals surface area contributed by atoms with Gasteiger partial charge in [0.2, 0.25) is 0 Å². The van der Waals surface area contributed by atoms with Crippen LogP contribution in [0, 0.1) is 5.92 Å². The Hall–Kier alpha value is -1.61. The molecule has 1 heterocycles. The van der Waals surface area contributed by atoms with Crippen LogP contribution in [0.4, 0.5) is 0 Å². The number of rotatable bonds is 5. The van der Waals surface area contributed by atoms with Crippen LogP contribution < -0.4 is 5.73 Å². The molecule has 0 aliphatic rings. The summed E-state index contributed by atoms with van der Waals surface area (Å²) in [5, 5.41) is 0. The zero-order valence-corrected chi connectivity index (χ0v) is 11.1. The van der Waals surface area contributed by atoms with E-state index in [2.05, 4.69) is 35.5 Å². The predicted molar refractivity (Wildman–Crippen MR) is 74.2 cm³/mol. The van der Waals surface area contributed by atoms with Gasteiger partial charge < -0.3 is 10.3 Å². The molecule has 0 aliphatic heterocycles. The number of benzene rings is 1. The average Bonchev–Trinajstić information content (AvgIpc) is 2.85. The van der Waals surface area contributed by atoms with Gasteiger partial charge in [-0.2, -0.15) is 0 Å². The van der Waals surface area contributed by atoms with Gasteiger partial charge in [0.05, 0.1) is 24.3 Å². The third kappa shape index (κ3) is 2.99. The van der Waals surface area contributed by atoms with E-state index < -0.39 is 0 Å². The summed E-state index contributed by atoms with van der Waals surface area (Å²) in [7, 11) is 0. The summed E-state index contributed by atoms with van der Waals surface area (Å²) in [4.78, 5) is 4.23. The van der Waals surface area contributed by atoms with Crippen LogP contribution in [-0.4, -0.2) is 9.55 Å². The number of hydrogen-bond donors (Lipinski definition) is 1. The highest BCUT2D eigenvalue weighted by molar-refractivity contribution is 5.26. The maximum atomic E-state index is 6.31. The average molecular weight is 243 g/mol. The van der Waals surface area contributed by atoms with Crippen LogP contribution in [-0.2, 0) is 6.54 Å². The van der Waals surface area contributed by atoms with Crippen LogP contribution in [0.5, 0.6) is 0 Å². The van der Waals surface area contributed by atoms with Crippen molar-refractivity contribution in [2.24, 2.45) is 11.7 Å². The van der Waals surface area contributed by atoms with Gasteiger partial charge in [-0.3, -0.25) is 0 Å². The van der Waals surface area contributed by atoms with E-state index in [-0.39, 0.29) is 6.04 Å². The maximum Gasteiger partial charge on any atom is 0.0948 e. The lowest BCUT2D eigenvalue weighted by Crippen LogP contribution is -2.17. The Kier molecular flexibility index (Phi) is 4.15. The zero-order valence-electron chi connectivity index (χ0n) is 11.1. The van der Waals surface area contributed by atoms with Crippen LogP contribution in [0.2, 0.25) is 0 Å². The summed E-state index contributed by atoms with van der Waals surface area (Å²) in [5.41, 5.74) is 8.52. The summed E-state index contributed by atoms with van der Waals surface area (Å²) < 4.78 is 2.16. The number of imidazole rings is 1. The molecule has 0 aliphatic carbocycles. The number of nitrogens with two attached hydrogens (primary N) is 1. The maximum absolute atomic E-state index is 6.31. The largest absolute Gasteiger partial charge is 0.333 e. The molecule has 1 aromatic carbocycles. The topological polar surface area (TPSA) is 43.8 Å². The molecule has 1 unspecified atom stereocenters. The first-order chi connectivity index (χ1) is 8.68. The second-order valence-corrected chi connectivity index (χ2v) is 5.08. The standard InChI is InChI=1S/C15H21N3/c1-12(2)8-9-18-11-17-10-14(18)15(16)13-6-4-3-5-7-13/h3-7,10-12,15H,8-9,16H2,1-2H3. The summed E-state index contributed by atoms with van der Waals surface area (Å²) in [6.45, 7) is 5.44. The minimum absolute atomic E-state index is 0.0964. The van der Waals surface area contributed by atoms with Crippen molar-refractivity contribution in [2.75, 3.05) is 0 Å². The molecule has 0 saturated carbocycles. The van der Waals surface area contributed by atoms with Gasteiger partial charge in [-0.15, -0.1) is 0 Å². The number of aryl methyl sites for hydroxylation is 1. The Morgan fingerprint density at radius 1 is 1.22 bits per heavy atom. The minimum atomic E-state index is -0.0964. The van der Waals surface area contributed by atoms with E-state index in [9.17, 15) is 0 Å². The normalized spacial score (nSPS) is 12.9. The first kappa shape index (κ1) is 12.8. The molecule has 18 heavy (non-hydrogen) atoms.